The molecule has 1 heterocycles. The molecule has 122 valence electrons. The number of rotatable bonds is 8. The maximum atomic E-state index is 12.2. The van der Waals surface area contributed by atoms with E-state index in [0.717, 1.165) is 36.4 Å². The fourth-order valence-corrected chi connectivity index (χ4v) is 2.67. The van der Waals surface area contributed by atoms with Crippen molar-refractivity contribution in [2.45, 2.75) is 38.6 Å². The van der Waals surface area contributed by atoms with Gasteiger partial charge in [0.15, 0.2) is 6.61 Å². The van der Waals surface area contributed by atoms with Gasteiger partial charge in [-0.15, -0.1) is 0 Å². The summed E-state index contributed by atoms with van der Waals surface area (Å²) < 4.78 is 10.6. The molecule has 0 saturated carbocycles. The Labute approximate surface area is 132 Å². The number of anilines is 1. The molecule has 0 spiro atoms. The van der Waals surface area contributed by atoms with Crippen molar-refractivity contribution in [1.82, 2.24) is 0 Å². The zero-order valence-corrected chi connectivity index (χ0v) is 13.5. The van der Waals surface area contributed by atoms with Gasteiger partial charge in [0, 0.05) is 13.7 Å². The molecule has 1 amide bonds. The predicted octanol–water partition coefficient (Wildman–Crippen LogP) is 2.64. The van der Waals surface area contributed by atoms with Gasteiger partial charge in [-0.25, -0.2) is 0 Å². The Hall–Kier alpha value is -1.59. The lowest BCUT2D eigenvalue weighted by Crippen LogP contribution is -2.39. The Balaban J connectivity index is 2.15. The Kier molecular flexibility index (Phi) is 6.21. The predicted molar refractivity (Wildman–Crippen MR) is 87.2 cm³/mol. The molecule has 0 aliphatic carbocycles. The summed E-state index contributed by atoms with van der Waals surface area (Å²) in [6.45, 7) is 3.48. The average molecular weight is 306 g/mol. The number of hydrogen-bond acceptors (Lipinski definition) is 4. The molecule has 1 unspecified atom stereocenters. The number of carbonyl (C=O) groups is 1. The minimum Gasteiger partial charge on any atom is -0.482 e. The van der Waals surface area contributed by atoms with E-state index in [1.165, 1.54) is 12.8 Å². The van der Waals surface area contributed by atoms with Crippen molar-refractivity contribution in [1.29, 1.82) is 0 Å². The lowest BCUT2D eigenvalue weighted by atomic mass is 10.1. The molecule has 1 aromatic rings. The molecular formula is C17H26N2O3. The van der Waals surface area contributed by atoms with Crippen LogP contribution in [0.2, 0.25) is 0 Å². The van der Waals surface area contributed by atoms with Gasteiger partial charge in [0.2, 0.25) is 0 Å². The van der Waals surface area contributed by atoms with Crippen LogP contribution in [0.25, 0.3) is 0 Å². The van der Waals surface area contributed by atoms with Gasteiger partial charge in [-0.3, -0.25) is 4.79 Å². The van der Waals surface area contributed by atoms with Crippen molar-refractivity contribution in [3.8, 4) is 5.75 Å². The number of benzene rings is 1. The summed E-state index contributed by atoms with van der Waals surface area (Å²) in [5.41, 5.74) is 7.88. The number of carbonyl (C=O) groups excluding carboxylic acids is 1. The first-order chi connectivity index (χ1) is 10.7. The molecule has 0 bridgehead atoms. The van der Waals surface area contributed by atoms with E-state index in [2.05, 4.69) is 6.92 Å². The molecular weight excluding hydrogens is 280 g/mol. The van der Waals surface area contributed by atoms with Gasteiger partial charge in [0.25, 0.3) is 5.91 Å². The Morgan fingerprint density at radius 1 is 1.36 bits per heavy atom. The number of amides is 1. The molecule has 0 saturated heterocycles. The van der Waals surface area contributed by atoms with Crippen LogP contribution < -0.4 is 15.4 Å². The first-order valence-corrected chi connectivity index (χ1v) is 7.99. The van der Waals surface area contributed by atoms with E-state index in [-0.39, 0.29) is 18.6 Å². The number of nitrogens with two attached hydrogens (primary N) is 1. The first-order valence-electron chi connectivity index (χ1n) is 7.99. The van der Waals surface area contributed by atoms with Gasteiger partial charge >= 0.3 is 0 Å². The summed E-state index contributed by atoms with van der Waals surface area (Å²) in [6.07, 6.45) is 4.53. The topological polar surface area (TPSA) is 64.8 Å². The zero-order chi connectivity index (χ0) is 15.9. The highest BCUT2D eigenvalue weighted by atomic mass is 16.5. The lowest BCUT2D eigenvalue weighted by Gasteiger charge is -2.30. The van der Waals surface area contributed by atoms with Gasteiger partial charge < -0.3 is 20.1 Å². The van der Waals surface area contributed by atoms with E-state index in [1.54, 1.807) is 7.11 Å². The quantitative estimate of drug-likeness (QED) is 0.750. The number of unbranched alkanes of at least 4 members (excludes halogenated alkanes) is 3. The van der Waals surface area contributed by atoms with Gasteiger partial charge in [-0.2, -0.15) is 0 Å². The Morgan fingerprint density at radius 3 is 2.91 bits per heavy atom. The van der Waals surface area contributed by atoms with E-state index in [9.17, 15) is 4.79 Å². The van der Waals surface area contributed by atoms with Gasteiger partial charge in [-0.05, 0) is 24.1 Å². The van der Waals surface area contributed by atoms with Crippen LogP contribution in [0.5, 0.6) is 5.75 Å². The second kappa shape index (κ2) is 8.15. The molecule has 1 atom stereocenters. The summed E-state index contributed by atoms with van der Waals surface area (Å²) in [4.78, 5) is 14.0. The third-order valence-corrected chi connectivity index (χ3v) is 3.94. The molecule has 0 aromatic heterocycles. The monoisotopic (exact) mass is 306 g/mol. The van der Waals surface area contributed by atoms with Crippen LogP contribution in [0.1, 0.15) is 44.2 Å². The normalized spacial score (nSPS) is 15.4. The second-order valence-corrected chi connectivity index (χ2v) is 5.68. The van der Waals surface area contributed by atoms with E-state index in [4.69, 9.17) is 15.2 Å². The highest BCUT2D eigenvalue weighted by molar-refractivity contribution is 5.97. The number of hydrogen-bond donors (Lipinski definition) is 1. The number of nitrogens with zero attached hydrogens (tertiary/aromatic N) is 1. The Bertz CT molecular complexity index is 505. The molecule has 1 aliphatic rings. The maximum Gasteiger partial charge on any atom is 0.265 e. The lowest BCUT2D eigenvalue weighted by molar-refractivity contribution is -0.121. The third-order valence-electron chi connectivity index (χ3n) is 3.94. The summed E-state index contributed by atoms with van der Waals surface area (Å²) >= 11 is 0. The van der Waals surface area contributed by atoms with Crippen LogP contribution in [-0.4, -0.2) is 32.8 Å². The van der Waals surface area contributed by atoms with Crippen LogP contribution in [0.4, 0.5) is 5.69 Å². The SMILES string of the molecule is CCCCCCN1C(=O)COc2ccc(C(N)COC)cc21. The highest BCUT2D eigenvalue weighted by Gasteiger charge is 2.25. The highest BCUT2D eigenvalue weighted by Crippen LogP contribution is 2.34. The van der Waals surface area contributed by atoms with E-state index in [1.807, 2.05) is 23.1 Å². The van der Waals surface area contributed by atoms with Crippen molar-refractivity contribution >= 4 is 11.6 Å². The molecule has 0 fully saturated rings. The van der Waals surface area contributed by atoms with Crippen LogP contribution in [0.15, 0.2) is 18.2 Å². The van der Waals surface area contributed by atoms with E-state index in [0.29, 0.717) is 6.61 Å². The Morgan fingerprint density at radius 2 is 2.18 bits per heavy atom. The molecule has 2 rings (SSSR count). The van der Waals surface area contributed by atoms with Gasteiger partial charge in [0.05, 0.1) is 18.3 Å². The summed E-state index contributed by atoms with van der Waals surface area (Å²) in [5, 5.41) is 0. The fourth-order valence-electron chi connectivity index (χ4n) is 2.67. The molecule has 0 radical (unpaired) electrons. The van der Waals surface area contributed by atoms with Crippen molar-refractivity contribution in [3.05, 3.63) is 23.8 Å². The molecule has 22 heavy (non-hydrogen) atoms. The summed E-state index contributed by atoms with van der Waals surface area (Å²) in [7, 11) is 1.63. The summed E-state index contributed by atoms with van der Waals surface area (Å²) in [6, 6.07) is 5.59. The molecule has 1 aromatic carbocycles. The van der Waals surface area contributed by atoms with Crippen molar-refractivity contribution < 1.29 is 14.3 Å². The van der Waals surface area contributed by atoms with Crippen LogP contribution in [0.3, 0.4) is 0 Å². The smallest absolute Gasteiger partial charge is 0.265 e. The third kappa shape index (κ3) is 3.99. The van der Waals surface area contributed by atoms with Crippen LogP contribution in [0, 0.1) is 0 Å². The van der Waals surface area contributed by atoms with Crippen molar-refractivity contribution in [2.75, 3.05) is 31.8 Å². The van der Waals surface area contributed by atoms with E-state index >= 15 is 0 Å². The molecule has 5 nitrogen and oxygen atoms in total. The van der Waals surface area contributed by atoms with Crippen molar-refractivity contribution in [2.24, 2.45) is 5.73 Å². The first kappa shape index (κ1) is 16.8. The molecule has 5 heteroatoms. The van der Waals surface area contributed by atoms with Crippen LogP contribution in [-0.2, 0) is 9.53 Å². The summed E-state index contributed by atoms with van der Waals surface area (Å²) in [5.74, 6) is 0.768. The van der Waals surface area contributed by atoms with E-state index < -0.39 is 0 Å². The standard InChI is InChI=1S/C17H26N2O3/c1-3-4-5-6-9-19-15-10-13(14(18)11-21-2)7-8-16(15)22-12-17(19)20/h7-8,10,14H,3-6,9,11-12,18H2,1-2H3. The number of fused-ring (bicyclic) bond motifs is 1. The largest absolute Gasteiger partial charge is 0.482 e. The molecule has 2 N–H and O–H groups in total. The number of methoxy groups -OCH3 is 1. The van der Waals surface area contributed by atoms with Gasteiger partial charge in [0.1, 0.15) is 5.75 Å². The van der Waals surface area contributed by atoms with Gasteiger partial charge in [-0.1, -0.05) is 32.3 Å². The average Bonchev–Trinajstić information content (AvgIpc) is 2.53. The minimum atomic E-state index is -0.200. The van der Waals surface area contributed by atoms with Crippen LogP contribution >= 0.6 is 0 Å². The fraction of sp³-hybridized carbons (Fsp3) is 0.588. The van der Waals surface area contributed by atoms with Crippen molar-refractivity contribution in [3.63, 3.8) is 0 Å². The molecule has 1 aliphatic heterocycles. The minimum absolute atomic E-state index is 0.0152. The zero-order valence-electron chi connectivity index (χ0n) is 13.5. The second-order valence-electron chi connectivity index (χ2n) is 5.68. The maximum absolute atomic E-state index is 12.2. The number of ether oxygens (including phenoxy) is 2.